The molecule has 0 fully saturated rings. The first-order valence-corrected chi connectivity index (χ1v) is 8.81. The number of hydrogen-bond donors (Lipinski definition) is 0. The van der Waals surface area contributed by atoms with Crippen LogP contribution in [0.25, 0.3) is 0 Å². The normalized spacial score (nSPS) is 11.4. The first-order valence-electron chi connectivity index (χ1n) is 8.81. The Morgan fingerprint density at radius 2 is 1.75 bits per heavy atom. The predicted octanol–water partition coefficient (Wildman–Crippen LogP) is 2.90. The summed E-state index contributed by atoms with van der Waals surface area (Å²) in [5.41, 5.74) is 1.09. The van der Waals surface area contributed by atoms with E-state index in [4.69, 9.17) is 0 Å². The highest BCUT2D eigenvalue weighted by Gasteiger charge is 2.25. The highest BCUT2D eigenvalue weighted by atomic mass is 16.2. The van der Waals surface area contributed by atoms with Gasteiger partial charge in [0.25, 0.3) is 0 Å². The molecule has 0 atom stereocenters. The van der Waals surface area contributed by atoms with E-state index in [-0.39, 0.29) is 30.3 Å². The van der Waals surface area contributed by atoms with E-state index in [1.165, 1.54) is 0 Å². The third-order valence-electron chi connectivity index (χ3n) is 4.05. The lowest BCUT2D eigenvalue weighted by Crippen LogP contribution is -2.47. The monoisotopic (exact) mass is 335 g/mol. The Bertz CT molecular complexity index is 547. The molecule has 5 nitrogen and oxygen atoms in total. The SMILES string of the molecule is CC(C)CN(Cc1cccn1C)C(=O)CN(C(=O)C(C)C)C(C)C. The van der Waals surface area contributed by atoms with E-state index in [1.54, 1.807) is 4.90 Å². The van der Waals surface area contributed by atoms with E-state index in [0.29, 0.717) is 19.0 Å². The van der Waals surface area contributed by atoms with Gasteiger partial charge in [0.05, 0.1) is 13.1 Å². The van der Waals surface area contributed by atoms with Crippen LogP contribution in [-0.2, 0) is 23.2 Å². The van der Waals surface area contributed by atoms with Crippen molar-refractivity contribution in [3.05, 3.63) is 24.0 Å². The number of aromatic nitrogens is 1. The highest BCUT2D eigenvalue weighted by molar-refractivity contribution is 5.85. The largest absolute Gasteiger partial charge is 0.353 e. The van der Waals surface area contributed by atoms with Gasteiger partial charge < -0.3 is 14.4 Å². The topological polar surface area (TPSA) is 45.6 Å². The van der Waals surface area contributed by atoms with E-state index < -0.39 is 0 Å². The van der Waals surface area contributed by atoms with E-state index in [0.717, 1.165) is 5.69 Å². The van der Waals surface area contributed by atoms with Crippen molar-refractivity contribution in [1.82, 2.24) is 14.4 Å². The summed E-state index contributed by atoms with van der Waals surface area (Å²) in [7, 11) is 1.98. The lowest BCUT2D eigenvalue weighted by atomic mass is 10.1. The van der Waals surface area contributed by atoms with E-state index in [2.05, 4.69) is 13.8 Å². The van der Waals surface area contributed by atoms with Gasteiger partial charge in [-0.15, -0.1) is 0 Å². The van der Waals surface area contributed by atoms with Crippen molar-refractivity contribution in [2.24, 2.45) is 18.9 Å². The quantitative estimate of drug-likeness (QED) is 0.733. The molecule has 1 heterocycles. The van der Waals surface area contributed by atoms with Crippen molar-refractivity contribution in [2.75, 3.05) is 13.1 Å². The summed E-state index contributed by atoms with van der Waals surface area (Å²) in [5, 5.41) is 0. The van der Waals surface area contributed by atoms with Crippen molar-refractivity contribution in [2.45, 2.75) is 54.1 Å². The summed E-state index contributed by atoms with van der Waals surface area (Å²) in [6.45, 7) is 13.3. The molecule has 136 valence electrons. The Kier molecular flexibility index (Phi) is 7.52. The predicted molar refractivity (Wildman–Crippen MR) is 97.4 cm³/mol. The second kappa shape index (κ2) is 8.90. The second-order valence-electron chi connectivity index (χ2n) is 7.49. The molecule has 24 heavy (non-hydrogen) atoms. The molecule has 1 aromatic rings. The molecule has 0 N–H and O–H groups in total. The molecule has 0 aliphatic rings. The van der Waals surface area contributed by atoms with Crippen molar-refractivity contribution in [1.29, 1.82) is 0 Å². The van der Waals surface area contributed by atoms with Crippen LogP contribution in [0.2, 0.25) is 0 Å². The van der Waals surface area contributed by atoms with Crippen LogP contribution < -0.4 is 0 Å². The average molecular weight is 335 g/mol. The minimum Gasteiger partial charge on any atom is -0.353 e. The summed E-state index contributed by atoms with van der Waals surface area (Å²) in [5.74, 6) is 0.309. The van der Waals surface area contributed by atoms with Gasteiger partial charge >= 0.3 is 0 Å². The van der Waals surface area contributed by atoms with Gasteiger partial charge in [0, 0.05) is 37.4 Å². The van der Waals surface area contributed by atoms with Crippen molar-refractivity contribution in [3.63, 3.8) is 0 Å². The van der Waals surface area contributed by atoms with Crippen LogP contribution in [0.4, 0.5) is 0 Å². The Morgan fingerprint density at radius 3 is 2.17 bits per heavy atom. The van der Waals surface area contributed by atoms with E-state index in [9.17, 15) is 9.59 Å². The van der Waals surface area contributed by atoms with Crippen LogP contribution in [0.3, 0.4) is 0 Å². The molecular weight excluding hydrogens is 302 g/mol. The first kappa shape index (κ1) is 20.3. The summed E-state index contributed by atoms with van der Waals surface area (Å²) in [4.78, 5) is 28.8. The molecule has 2 amide bonds. The van der Waals surface area contributed by atoms with Gasteiger partial charge in [-0.3, -0.25) is 9.59 Å². The molecule has 0 aromatic carbocycles. The van der Waals surface area contributed by atoms with Crippen LogP contribution in [-0.4, -0.2) is 45.3 Å². The Balaban J connectivity index is 2.90. The van der Waals surface area contributed by atoms with Gasteiger partial charge in [0.2, 0.25) is 11.8 Å². The maximum Gasteiger partial charge on any atom is 0.242 e. The minimum absolute atomic E-state index is 0.00704. The van der Waals surface area contributed by atoms with Gasteiger partial charge in [-0.25, -0.2) is 0 Å². The van der Waals surface area contributed by atoms with Gasteiger partial charge in [-0.05, 0) is 31.9 Å². The lowest BCUT2D eigenvalue weighted by molar-refractivity contribution is -0.144. The molecular formula is C19H33N3O2. The fourth-order valence-electron chi connectivity index (χ4n) is 2.64. The zero-order valence-electron chi connectivity index (χ0n) is 16.2. The van der Waals surface area contributed by atoms with Crippen LogP contribution in [0.1, 0.15) is 47.2 Å². The number of rotatable bonds is 8. The Labute approximate surface area is 146 Å². The molecule has 0 spiro atoms. The molecule has 0 saturated heterocycles. The average Bonchev–Trinajstić information content (AvgIpc) is 2.87. The fraction of sp³-hybridized carbons (Fsp3) is 0.684. The van der Waals surface area contributed by atoms with Crippen LogP contribution in [0.5, 0.6) is 0 Å². The number of aryl methyl sites for hydroxylation is 1. The smallest absolute Gasteiger partial charge is 0.242 e. The fourth-order valence-corrected chi connectivity index (χ4v) is 2.64. The molecule has 1 rings (SSSR count). The molecule has 0 unspecified atom stereocenters. The molecule has 5 heteroatoms. The van der Waals surface area contributed by atoms with Gasteiger partial charge in [-0.2, -0.15) is 0 Å². The Morgan fingerprint density at radius 1 is 1.12 bits per heavy atom. The van der Waals surface area contributed by atoms with Crippen molar-refractivity contribution >= 4 is 11.8 Å². The molecule has 0 aliphatic heterocycles. The minimum atomic E-state index is -0.105. The molecule has 1 aromatic heterocycles. The summed E-state index contributed by atoms with van der Waals surface area (Å²) < 4.78 is 2.03. The maximum atomic E-state index is 12.9. The standard InChI is InChI=1S/C19H33N3O2/c1-14(2)11-21(12-17-9-8-10-20(17)7)18(23)13-22(16(5)6)19(24)15(3)4/h8-10,14-16H,11-13H2,1-7H3. The first-order chi connectivity index (χ1) is 11.1. The third kappa shape index (κ3) is 5.69. The number of carbonyl (C=O) groups is 2. The number of nitrogens with zero attached hydrogens (tertiary/aromatic N) is 3. The van der Waals surface area contributed by atoms with Crippen LogP contribution in [0.15, 0.2) is 18.3 Å². The van der Waals surface area contributed by atoms with Gasteiger partial charge in [-0.1, -0.05) is 27.7 Å². The summed E-state index contributed by atoms with van der Waals surface area (Å²) >= 11 is 0. The van der Waals surface area contributed by atoms with E-state index >= 15 is 0 Å². The van der Waals surface area contributed by atoms with Crippen LogP contribution >= 0.6 is 0 Å². The van der Waals surface area contributed by atoms with Crippen LogP contribution in [0, 0.1) is 11.8 Å². The van der Waals surface area contributed by atoms with Crippen molar-refractivity contribution < 1.29 is 9.59 Å². The zero-order chi connectivity index (χ0) is 18.4. The Hall–Kier alpha value is -1.78. The number of carbonyl (C=O) groups excluding carboxylic acids is 2. The maximum absolute atomic E-state index is 12.9. The third-order valence-corrected chi connectivity index (χ3v) is 4.05. The lowest BCUT2D eigenvalue weighted by Gasteiger charge is -2.32. The van der Waals surface area contributed by atoms with Gasteiger partial charge in [0.1, 0.15) is 0 Å². The summed E-state index contributed by atoms with van der Waals surface area (Å²) in [6, 6.07) is 4.02. The van der Waals surface area contributed by atoms with Gasteiger partial charge in [0.15, 0.2) is 0 Å². The zero-order valence-corrected chi connectivity index (χ0v) is 16.2. The molecule has 0 aliphatic carbocycles. The summed E-state index contributed by atoms with van der Waals surface area (Å²) in [6.07, 6.45) is 1.98. The molecule has 0 radical (unpaired) electrons. The number of amides is 2. The number of hydrogen-bond acceptors (Lipinski definition) is 2. The molecule has 0 bridgehead atoms. The van der Waals surface area contributed by atoms with Crippen molar-refractivity contribution in [3.8, 4) is 0 Å². The highest BCUT2D eigenvalue weighted by Crippen LogP contribution is 2.12. The second-order valence-corrected chi connectivity index (χ2v) is 7.49. The van der Waals surface area contributed by atoms with E-state index in [1.807, 2.05) is 62.5 Å². The molecule has 0 saturated carbocycles.